The number of rotatable bonds is 8. The predicted molar refractivity (Wildman–Crippen MR) is 111 cm³/mol. The highest BCUT2D eigenvalue weighted by Gasteiger charge is 2.12. The van der Waals surface area contributed by atoms with Crippen molar-refractivity contribution < 1.29 is 4.79 Å². The van der Waals surface area contributed by atoms with Gasteiger partial charge in [-0.2, -0.15) is 0 Å². The first-order chi connectivity index (χ1) is 13.1. The van der Waals surface area contributed by atoms with Gasteiger partial charge in [0.1, 0.15) is 5.82 Å². The fourth-order valence-electron chi connectivity index (χ4n) is 3.08. The standard InChI is InChI=1S/C21H26N4OS/c1-15(2)14-25-19(23-24-21(25)27-3)9-6-12-22-20(26)18-11-10-16-7-4-5-8-17(16)13-18/h4-5,7-8,10-11,13,15H,6,9,12,14H2,1-3H3,(H,22,26). The van der Waals surface area contributed by atoms with Crippen LogP contribution < -0.4 is 5.32 Å². The second-order valence-corrected chi connectivity index (χ2v) is 7.80. The third kappa shape index (κ3) is 4.89. The van der Waals surface area contributed by atoms with E-state index in [2.05, 4.69) is 33.9 Å². The largest absolute Gasteiger partial charge is 0.352 e. The van der Waals surface area contributed by atoms with E-state index in [1.165, 1.54) is 0 Å². The highest BCUT2D eigenvalue weighted by atomic mass is 32.2. The van der Waals surface area contributed by atoms with Gasteiger partial charge in [0.15, 0.2) is 5.16 Å². The molecule has 0 radical (unpaired) electrons. The molecular weight excluding hydrogens is 356 g/mol. The number of amides is 1. The lowest BCUT2D eigenvalue weighted by molar-refractivity contribution is 0.0953. The van der Waals surface area contributed by atoms with Crippen LogP contribution in [-0.4, -0.2) is 33.5 Å². The van der Waals surface area contributed by atoms with Gasteiger partial charge in [-0.1, -0.05) is 55.9 Å². The summed E-state index contributed by atoms with van der Waals surface area (Å²) in [6, 6.07) is 13.9. The number of hydrogen-bond donors (Lipinski definition) is 1. The second kappa shape index (κ2) is 9.04. The number of nitrogens with one attached hydrogen (secondary N) is 1. The predicted octanol–water partition coefficient (Wildman–Crippen LogP) is 4.17. The molecule has 3 rings (SSSR count). The Morgan fingerprint density at radius 3 is 2.67 bits per heavy atom. The van der Waals surface area contributed by atoms with Crippen molar-refractivity contribution in [2.24, 2.45) is 5.92 Å². The van der Waals surface area contributed by atoms with Gasteiger partial charge in [-0.15, -0.1) is 10.2 Å². The normalized spacial score (nSPS) is 11.3. The lowest BCUT2D eigenvalue weighted by Crippen LogP contribution is -2.25. The van der Waals surface area contributed by atoms with Crippen LogP contribution >= 0.6 is 11.8 Å². The van der Waals surface area contributed by atoms with Crippen molar-refractivity contribution in [2.75, 3.05) is 12.8 Å². The molecule has 0 spiro atoms. The zero-order chi connectivity index (χ0) is 19.2. The first-order valence-electron chi connectivity index (χ1n) is 9.31. The molecule has 1 N–H and O–H groups in total. The molecule has 0 atom stereocenters. The summed E-state index contributed by atoms with van der Waals surface area (Å²) in [6.45, 7) is 5.92. The van der Waals surface area contributed by atoms with Gasteiger partial charge in [-0.05, 0) is 41.5 Å². The van der Waals surface area contributed by atoms with Crippen molar-refractivity contribution in [1.82, 2.24) is 20.1 Å². The fraction of sp³-hybridized carbons (Fsp3) is 0.381. The summed E-state index contributed by atoms with van der Waals surface area (Å²) in [5.74, 6) is 1.50. The molecule has 0 aliphatic heterocycles. The number of carbonyl (C=O) groups is 1. The molecule has 0 unspecified atom stereocenters. The van der Waals surface area contributed by atoms with Crippen molar-refractivity contribution in [2.45, 2.75) is 38.4 Å². The van der Waals surface area contributed by atoms with Crippen molar-refractivity contribution in [3.05, 3.63) is 53.9 Å². The maximum absolute atomic E-state index is 12.4. The van der Waals surface area contributed by atoms with Gasteiger partial charge < -0.3 is 9.88 Å². The number of thioether (sulfide) groups is 1. The van der Waals surface area contributed by atoms with Crippen molar-refractivity contribution >= 4 is 28.4 Å². The minimum absolute atomic E-state index is 0.0331. The first kappa shape index (κ1) is 19.4. The average Bonchev–Trinajstić information content (AvgIpc) is 3.05. The van der Waals surface area contributed by atoms with E-state index in [1.54, 1.807) is 11.8 Å². The van der Waals surface area contributed by atoms with Gasteiger partial charge in [-0.25, -0.2) is 0 Å². The highest BCUT2D eigenvalue weighted by molar-refractivity contribution is 7.98. The summed E-state index contributed by atoms with van der Waals surface area (Å²) in [5.41, 5.74) is 0.696. The van der Waals surface area contributed by atoms with Crippen LogP contribution in [-0.2, 0) is 13.0 Å². The summed E-state index contributed by atoms with van der Waals surface area (Å²) in [5, 5.41) is 14.8. The number of benzene rings is 2. The molecule has 0 aliphatic carbocycles. The molecule has 0 saturated carbocycles. The van der Waals surface area contributed by atoms with Crippen molar-refractivity contribution in [1.29, 1.82) is 0 Å². The summed E-state index contributed by atoms with van der Waals surface area (Å²) in [4.78, 5) is 12.4. The molecule has 0 bridgehead atoms. The van der Waals surface area contributed by atoms with Gasteiger partial charge in [0.05, 0.1) is 0 Å². The SMILES string of the molecule is CSc1nnc(CCCNC(=O)c2ccc3ccccc3c2)n1CC(C)C. The zero-order valence-electron chi connectivity index (χ0n) is 16.1. The van der Waals surface area contributed by atoms with Gasteiger partial charge in [0, 0.05) is 25.1 Å². The van der Waals surface area contributed by atoms with E-state index < -0.39 is 0 Å². The van der Waals surface area contributed by atoms with Crippen LogP contribution in [0.5, 0.6) is 0 Å². The molecule has 2 aromatic carbocycles. The molecule has 1 aromatic heterocycles. The zero-order valence-corrected chi connectivity index (χ0v) is 16.9. The van der Waals surface area contributed by atoms with Gasteiger partial charge in [-0.3, -0.25) is 4.79 Å². The van der Waals surface area contributed by atoms with Crippen molar-refractivity contribution in [3.63, 3.8) is 0 Å². The third-order valence-corrected chi connectivity index (χ3v) is 5.07. The summed E-state index contributed by atoms with van der Waals surface area (Å²) >= 11 is 1.62. The average molecular weight is 383 g/mol. The quantitative estimate of drug-likeness (QED) is 0.469. The van der Waals surface area contributed by atoms with E-state index in [0.29, 0.717) is 18.0 Å². The van der Waals surface area contributed by atoms with Gasteiger partial charge >= 0.3 is 0 Å². The first-order valence-corrected chi connectivity index (χ1v) is 10.5. The number of carbonyl (C=O) groups excluding carboxylic acids is 1. The molecule has 0 fully saturated rings. The Hall–Kier alpha value is -2.34. The third-order valence-electron chi connectivity index (χ3n) is 4.40. The van der Waals surface area contributed by atoms with Crippen molar-refractivity contribution in [3.8, 4) is 0 Å². The Morgan fingerprint density at radius 2 is 1.93 bits per heavy atom. The minimum Gasteiger partial charge on any atom is -0.352 e. The molecule has 0 saturated heterocycles. The minimum atomic E-state index is -0.0331. The summed E-state index contributed by atoms with van der Waals surface area (Å²) in [6.07, 6.45) is 3.66. The van der Waals surface area contributed by atoms with E-state index >= 15 is 0 Å². The number of nitrogens with zero attached hydrogens (tertiary/aromatic N) is 3. The van der Waals surface area contributed by atoms with E-state index in [0.717, 1.165) is 41.1 Å². The Morgan fingerprint density at radius 1 is 1.15 bits per heavy atom. The molecule has 27 heavy (non-hydrogen) atoms. The Bertz CT molecular complexity index is 919. The number of aryl methyl sites for hydroxylation is 1. The van der Waals surface area contributed by atoms with E-state index in [9.17, 15) is 4.79 Å². The molecule has 1 heterocycles. The monoisotopic (exact) mass is 382 g/mol. The topological polar surface area (TPSA) is 59.8 Å². The van der Waals surface area contributed by atoms with Gasteiger partial charge in [0.2, 0.25) is 0 Å². The molecule has 3 aromatic rings. The van der Waals surface area contributed by atoms with E-state index in [4.69, 9.17) is 0 Å². The fourth-order valence-corrected chi connectivity index (χ4v) is 3.61. The number of fused-ring (bicyclic) bond motifs is 1. The molecular formula is C21H26N4OS. The van der Waals surface area contributed by atoms with Crippen LogP contribution in [0.15, 0.2) is 47.6 Å². The van der Waals surface area contributed by atoms with Crippen LogP contribution in [0.4, 0.5) is 0 Å². The van der Waals surface area contributed by atoms with Crippen LogP contribution in [0.1, 0.15) is 36.5 Å². The Balaban J connectivity index is 1.55. The van der Waals surface area contributed by atoms with E-state index in [1.807, 2.05) is 48.7 Å². The molecule has 0 aliphatic rings. The maximum atomic E-state index is 12.4. The van der Waals surface area contributed by atoms with E-state index in [-0.39, 0.29) is 5.91 Å². The Labute approximate surface area is 164 Å². The second-order valence-electron chi connectivity index (χ2n) is 7.03. The smallest absolute Gasteiger partial charge is 0.251 e. The molecule has 5 nitrogen and oxygen atoms in total. The van der Waals surface area contributed by atoms with Gasteiger partial charge in [0.25, 0.3) is 5.91 Å². The highest BCUT2D eigenvalue weighted by Crippen LogP contribution is 2.17. The van der Waals surface area contributed by atoms with Crippen LogP contribution in [0.25, 0.3) is 10.8 Å². The summed E-state index contributed by atoms with van der Waals surface area (Å²) in [7, 11) is 0. The number of aromatic nitrogens is 3. The molecule has 6 heteroatoms. The van der Waals surface area contributed by atoms with Crippen LogP contribution in [0, 0.1) is 5.92 Å². The van der Waals surface area contributed by atoms with Crippen LogP contribution in [0.2, 0.25) is 0 Å². The molecule has 1 amide bonds. The maximum Gasteiger partial charge on any atom is 0.251 e. The lowest BCUT2D eigenvalue weighted by atomic mass is 10.1. The lowest BCUT2D eigenvalue weighted by Gasteiger charge is -2.12. The number of hydrogen-bond acceptors (Lipinski definition) is 4. The summed E-state index contributed by atoms with van der Waals surface area (Å²) < 4.78 is 2.19. The molecule has 142 valence electrons. The van der Waals surface area contributed by atoms with Crippen LogP contribution in [0.3, 0.4) is 0 Å². The Kier molecular flexibility index (Phi) is 6.50.